The first-order chi connectivity index (χ1) is 10.5. The normalized spacial score (nSPS) is 10.3. The zero-order valence-corrected chi connectivity index (χ0v) is 12.2. The molecule has 0 fully saturated rings. The first-order valence-corrected chi connectivity index (χ1v) is 6.61. The molecule has 3 N–H and O–H groups in total. The van der Waals surface area contributed by atoms with Gasteiger partial charge in [0.15, 0.2) is 0 Å². The van der Waals surface area contributed by atoms with Crippen molar-refractivity contribution < 1.29 is 19.4 Å². The summed E-state index contributed by atoms with van der Waals surface area (Å²) in [6.07, 6.45) is 0. The molecule has 114 valence electrons. The van der Waals surface area contributed by atoms with E-state index >= 15 is 0 Å². The van der Waals surface area contributed by atoms with Crippen molar-refractivity contribution in [3.05, 3.63) is 42.5 Å². The lowest BCUT2D eigenvalue weighted by molar-refractivity contribution is -0.115. The number of phenolic OH excluding ortho intramolecular Hbond substituents is 1. The molecular formula is C16H16N2O4. The molecule has 2 bridgehead atoms. The molecule has 2 amide bonds. The summed E-state index contributed by atoms with van der Waals surface area (Å²) in [6, 6.07) is 12.4. The van der Waals surface area contributed by atoms with Gasteiger partial charge in [0.1, 0.15) is 22.9 Å². The van der Waals surface area contributed by atoms with Crippen molar-refractivity contribution in [3.8, 4) is 17.2 Å². The van der Waals surface area contributed by atoms with E-state index in [-0.39, 0.29) is 23.3 Å². The van der Waals surface area contributed by atoms with Gasteiger partial charge in [-0.3, -0.25) is 9.59 Å². The lowest BCUT2D eigenvalue weighted by atomic mass is 10.2. The molecule has 22 heavy (non-hydrogen) atoms. The molecule has 2 aliphatic rings. The lowest BCUT2D eigenvalue weighted by Gasteiger charge is -2.13. The summed E-state index contributed by atoms with van der Waals surface area (Å²) in [6.45, 7) is 2.67. The highest BCUT2D eigenvalue weighted by Crippen LogP contribution is 2.33. The van der Waals surface area contributed by atoms with E-state index in [1.165, 1.54) is 19.9 Å². The third-order valence-corrected chi connectivity index (χ3v) is 2.70. The number of carbonyl (C=O) groups excluding carboxylic acids is 2. The van der Waals surface area contributed by atoms with Crippen LogP contribution in [0.5, 0.6) is 17.2 Å². The zero-order chi connectivity index (χ0) is 16.1. The van der Waals surface area contributed by atoms with Crippen molar-refractivity contribution in [1.29, 1.82) is 0 Å². The zero-order valence-electron chi connectivity index (χ0n) is 12.2. The van der Waals surface area contributed by atoms with Crippen molar-refractivity contribution in [2.45, 2.75) is 13.8 Å². The monoisotopic (exact) mass is 300 g/mol. The van der Waals surface area contributed by atoms with Gasteiger partial charge in [0, 0.05) is 19.9 Å². The van der Waals surface area contributed by atoms with Gasteiger partial charge >= 0.3 is 0 Å². The van der Waals surface area contributed by atoms with Crippen LogP contribution in [0.4, 0.5) is 11.4 Å². The highest BCUT2D eigenvalue weighted by molar-refractivity contribution is 5.99. The molecule has 6 nitrogen and oxygen atoms in total. The minimum Gasteiger partial charge on any atom is -0.506 e. The Morgan fingerprint density at radius 2 is 1.50 bits per heavy atom. The van der Waals surface area contributed by atoms with Gasteiger partial charge in [0.05, 0.1) is 5.69 Å². The van der Waals surface area contributed by atoms with Crippen molar-refractivity contribution in [2.75, 3.05) is 10.6 Å². The van der Waals surface area contributed by atoms with Crippen molar-refractivity contribution >= 4 is 23.2 Å². The van der Waals surface area contributed by atoms with Gasteiger partial charge in [0.2, 0.25) is 11.8 Å². The highest BCUT2D eigenvalue weighted by atomic mass is 16.5. The van der Waals surface area contributed by atoms with Crippen LogP contribution in [0.1, 0.15) is 13.8 Å². The number of amides is 2. The average Bonchev–Trinajstić information content (AvgIpc) is 2.43. The summed E-state index contributed by atoms with van der Waals surface area (Å²) in [5.74, 6) is 1.29. The molecule has 4 rings (SSSR count). The van der Waals surface area contributed by atoms with Crippen LogP contribution in [0.15, 0.2) is 42.5 Å². The van der Waals surface area contributed by atoms with Crippen LogP contribution in [0.2, 0.25) is 0 Å². The van der Waals surface area contributed by atoms with Gasteiger partial charge in [-0.1, -0.05) is 12.1 Å². The maximum absolute atomic E-state index is 10.9. The molecule has 0 aromatic heterocycles. The average molecular weight is 300 g/mol. The maximum atomic E-state index is 10.9. The topological polar surface area (TPSA) is 87.7 Å². The predicted octanol–water partition coefficient (Wildman–Crippen LogP) is 3.10. The van der Waals surface area contributed by atoms with Gasteiger partial charge in [-0.25, -0.2) is 0 Å². The molecule has 0 unspecified atom stereocenters. The van der Waals surface area contributed by atoms with E-state index in [1.54, 1.807) is 12.1 Å². The second-order valence-corrected chi connectivity index (χ2v) is 4.64. The standard InChI is InChI=1S/C10H12N2O3.C6H4O/c1-6(13)11-8-4-3-5-9(15)10(8)12-7(2)14;1-2-5-4-6(3-1)7-5/h3-5,15H,1-2H3,(H,11,13)(H,12,14);1-4H. The number of nitrogens with one attached hydrogen (secondary N) is 2. The van der Waals surface area contributed by atoms with Crippen LogP contribution in [0.25, 0.3) is 0 Å². The number of ether oxygens (including phenoxy) is 1. The van der Waals surface area contributed by atoms with Crippen LogP contribution < -0.4 is 15.4 Å². The second-order valence-electron chi connectivity index (χ2n) is 4.64. The smallest absolute Gasteiger partial charge is 0.221 e. The molecule has 6 heteroatoms. The summed E-state index contributed by atoms with van der Waals surface area (Å²) in [7, 11) is 0. The van der Waals surface area contributed by atoms with E-state index < -0.39 is 0 Å². The van der Waals surface area contributed by atoms with E-state index in [2.05, 4.69) is 10.6 Å². The molecule has 2 aromatic rings. The fourth-order valence-corrected chi connectivity index (χ4v) is 1.82. The Labute approximate surface area is 127 Å². The van der Waals surface area contributed by atoms with E-state index in [0.29, 0.717) is 5.69 Å². The van der Waals surface area contributed by atoms with E-state index in [1.807, 2.05) is 24.3 Å². The second kappa shape index (κ2) is 6.62. The van der Waals surface area contributed by atoms with E-state index in [0.717, 1.165) is 11.5 Å². The minimum absolute atomic E-state index is 0.0866. The molecule has 0 spiro atoms. The molecule has 0 atom stereocenters. The largest absolute Gasteiger partial charge is 0.506 e. The molecule has 0 radical (unpaired) electrons. The van der Waals surface area contributed by atoms with Gasteiger partial charge < -0.3 is 20.5 Å². The van der Waals surface area contributed by atoms with Crippen molar-refractivity contribution in [2.24, 2.45) is 0 Å². The van der Waals surface area contributed by atoms with Crippen LogP contribution in [0.3, 0.4) is 0 Å². The molecule has 0 aliphatic carbocycles. The van der Waals surface area contributed by atoms with E-state index in [9.17, 15) is 14.7 Å². The Hall–Kier alpha value is -3.02. The summed E-state index contributed by atoms with van der Waals surface area (Å²) < 4.78 is 5.01. The molecular weight excluding hydrogens is 284 g/mol. The van der Waals surface area contributed by atoms with Crippen LogP contribution in [-0.4, -0.2) is 16.9 Å². The first kappa shape index (κ1) is 15.4. The minimum atomic E-state index is -0.317. The number of fused-ring (bicyclic) bond motifs is 2. The van der Waals surface area contributed by atoms with E-state index in [4.69, 9.17) is 4.74 Å². The number of hydrogen-bond acceptors (Lipinski definition) is 4. The Kier molecular flexibility index (Phi) is 4.63. The summed E-state index contributed by atoms with van der Waals surface area (Å²) in [5.41, 5.74) is 0.581. The Morgan fingerprint density at radius 3 is 1.91 bits per heavy atom. The molecule has 2 aromatic carbocycles. The van der Waals surface area contributed by atoms with Crippen LogP contribution in [0, 0.1) is 0 Å². The number of carbonyl (C=O) groups is 2. The number of anilines is 2. The molecule has 0 saturated carbocycles. The van der Waals surface area contributed by atoms with Crippen LogP contribution >= 0.6 is 0 Å². The van der Waals surface area contributed by atoms with Crippen LogP contribution in [-0.2, 0) is 9.59 Å². The van der Waals surface area contributed by atoms with Gasteiger partial charge in [-0.05, 0) is 24.3 Å². The van der Waals surface area contributed by atoms with Gasteiger partial charge in [-0.2, -0.15) is 0 Å². The Balaban J connectivity index is 0.000000205. The fraction of sp³-hybridized carbons (Fsp3) is 0.125. The quantitative estimate of drug-likeness (QED) is 0.635. The summed E-state index contributed by atoms with van der Waals surface area (Å²) in [5, 5.41) is 14.4. The molecule has 2 heterocycles. The molecule has 0 saturated heterocycles. The predicted molar refractivity (Wildman–Crippen MR) is 83.2 cm³/mol. The molecule has 2 aliphatic heterocycles. The third kappa shape index (κ3) is 3.99. The van der Waals surface area contributed by atoms with Gasteiger partial charge in [-0.15, -0.1) is 0 Å². The number of phenols is 1. The SMILES string of the molecule is CC(=O)Nc1cccc(O)c1NC(C)=O.c1cc2cc(c1)O2. The first-order valence-electron chi connectivity index (χ1n) is 6.61. The third-order valence-electron chi connectivity index (χ3n) is 2.70. The number of para-hydroxylation sites is 1. The maximum Gasteiger partial charge on any atom is 0.221 e. The van der Waals surface area contributed by atoms with Crippen molar-refractivity contribution in [3.63, 3.8) is 0 Å². The number of benzene rings is 2. The number of rotatable bonds is 2. The Bertz CT molecular complexity index is 688. The summed E-state index contributed by atoms with van der Waals surface area (Å²) in [4.78, 5) is 21.7. The number of aromatic hydroxyl groups is 1. The highest BCUT2D eigenvalue weighted by Gasteiger charge is 2.09. The lowest BCUT2D eigenvalue weighted by Crippen LogP contribution is -2.12. The summed E-state index contributed by atoms with van der Waals surface area (Å²) >= 11 is 0. The van der Waals surface area contributed by atoms with Gasteiger partial charge in [0.25, 0.3) is 0 Å². The fourth-order valence-electron chi connectivity index (χ4n) is 1.82. The Morgan fingerprint density at radius 1 is 0.955 bits per heavy atom. The number of hydrogen-bond donors (Lipinski definition) is 3. The van der Waals surface area contributed by atoms with Crippen molar-refractivity contribution in [1.82, 2.24) is 0 Å².